The first kappa shape index (κ1) is 25.4. The minimum absolute atomic E-state index is 0.125. The molecule has 1 aliphatic rings. The molecule has 1 aliphatic heterocycles. The highest BCUT2D eigenvalue weighted by Crippen LogP contribution is 2.28. The maximum Gasteiger partial charge on any atom is 0.253 e. The minimum atomic E-state index is 0.125. The van der Waals surface area contributed by atoms with Crippen LogP contribution in [0.3, 0.4) is 0 Å². The van der Waals surface area contributed by atoms with Gasteiger partial charge in [0.2, 0.25) is 0 Å². The molecule has 2 aromatic carbocycles. The third-order valence-corrected chi connectivity index (χ3v) is 6.42. The van der Waals surface area contributed by atoms with Crippen molar-refractivity contribution in [1.82, 2.24) is 9.80 Å². The van der Waals surface area contributed by atoms with Crippen LogP contribution in [0.25, 0.3) is 0 Å². The second kappa shape index (κ2) is 11.7. The standard InChI is InChI=1S/C22H27ClN2O.C5H12/c1-5-17-13-18(6-7-20(17)23)21-14-25(9-8-24(21)4)22(26)19-11-15(2)10-16(3)12-19;1-4-5(2)3/h6-7,10-13,21H,5,8-9,14H2,1-4H3;5H,4H2,1-3H3/t21-;/m0./s1. The number of aryl methyl sites for hydroxylation is 3. The Balaban J connectivity index is 0.000000614. The average molecular weight is 443 g/mol. The minimum Gasteiger partial charge on any atom is -0.335 e. The van der Waals surface area contributed by atoms with Crippen LogP contribution in [0.2, 0.25) is 5.02 Å². The average Bonchev–Trinajstić information content (AvgIpc) is 2.73. The van der Waals surface area contributed by atoms with E-state index in [1.165, 1.54) is 12.0 Å². The van der Waals surface area contributed by atoms with Gasteiger partial charge in [0, 0.05) is 30.2 Å². The number of hydrogen-bond donors (Lipinski definition) is 0. The van der Waals surface area contributed by atoms with E-state index in [1.54, 1.807) is 0 Å². The van der Waals surface area contributed by atoms with Gasteiger partial charge in [-0.05, 0) is 62.6 Å². The molecule has 1 saturated heterocycles. The van der Waals surface area contributed by atoms with Crippen molar-refractivity contribution >= 4 is 17.5 Å². The summed E-state index contributed by atoms with van der Waals surface area (Å²) in [5, 5.41) is 0.817. The van der Waals surface area contributed by atoms with Gasteiger partial charge in [-0.1, -0.05) is 75.0 Å². The Hall–Kier alpha value is -1.84. The van der Waals surface area contributed by atoms with Crippen LogP contribution in [0.1, 0.15) is 72.8 Å². The highest BCUT2D eigenvalue weighted by atomic mass is 35.5. The van der Waals surface area contributed by atoms with Gasteiger partial charge in [0.25, 0.3) is 5.91 Å². The Morgan fingerprint density at radius 3 is 2.23 bits per heavy atom. The van der Waals surface area contributed by atoms with Crippen molar-refractivity contribution in [3.63, 3.8) is 0 Å². The number of rotatable bonds is 4. The third-order valence-electron chi connectivity index (χ3n) is 6.06. The van der Waals surface area contributed by atoms with Crippen molar-refractivity contribution in [1.29, 1.82) is 0 Å². The van der Waals surface area contributed by atoms with E-state index < -0.39 is 0 Å². The molecule has 0 N–H and O–H groups in total. The zero-order valence-electron chi connectivity index (χ0n) is 20.3. The summed E-state index contributed by atoms with van der Waals surface area (Å²) < 4.78 is 0. The Morgan fingerprint density at radius 1 is 1.06 bits per heavy atom. The van der Waals surface area contributed by atoms with Crippen molar-refractivity contribution in [2.24, 2.45) is 5.92 Å². The van der Waals surface area contributed by atoms with Crippen LogP contribution in [0.4, 0.5) is 0 Å². The summed E-state index contributed by atoms with van der Waals surface area (Å²) >= 11 is 6.28. The van der Waals surface area contributed by atoms with Crippen LogP contribution in [0.5, 0.6) is 0 Å². The summed E-state index contributed by atoms with van der Waals surface area (Å²) in [7, 11) is 2.13. The Bertz CT molecular complexity index is 857. The van der Waals surface area contributed by atoms with Crippen LogP contribution < -0.4 is 0 Å². The molecule has 0 radical (unpaired) electrons. The maximum atomic E-state index is 13.1. The second-order valence-corrected chi connectivity index (χ2v) is 9.54. The number of nitrogens with zero attached hydrogens (tertiary/aromatic N) is 2. The monoisotopic (exact) mass is 442 g/mol. The first-order valence-corrected chi connectivity index (χ1v) is 11.9. The molecule has 1 fully saturated rings. The van der Waals surface area contributed by atoms with Crippen LogP contribution in [0.15, 0.2) is 36.4 Å². The van der Waals surface area contributed by atoms with Crippen molar-refractivity contribution in [2.75, 3.05) is 26.7 Å². The first-order chi connectivity index (χ1) is 14.7. The molecule has 0 spiro atoms. The zero-order valence-corrected chi connectivity index (χ0v) is 21.1. The highest BCUT2D eigenvalue weighted by Gasteiger charge is 2.29. The van der Waals surface area contributed by atoms with Crippen LogP contribution in [-0.4, -0.2) is 42.4 Å². The van der Waals surface area contributed by atoms with Crippen LogP contribution in [-0.2, 0) is 6.42 Å². The lowest BCUT2D eigenvalue weighted by Gasteiger charge is -2.40. The fraction of sp³-hybridized carbons (Fsp3) is 0.519. The summed E-state index contributed by atoms with van der Waals surface area (Å²) in [6.45, 7) is 15.2. The molecule has 170 valence electrons. The quantitative estimate of drug-likeness (QED) is 0.525. The Morgan fingerprint density at radius 2 is 1.68 bits per heavy atom. The van der Waals surface area contributed by atoms with Gasteiger partial charge in [0.05, 0.1) is 6.04 Å². The number of halogens is 1. The second-order valence-electron chi connectivity index (χ2n) is 9.13. The van der Waals surface area contributed by atoms with E-state index >= 15 is 0 Å². The Kier molecular flexibility index (Phi) is 9.58. The van der Waals surface area contributed by atoms with Gasteiger partial charge in [-0.15, -0.1) is 0 Å². The van der Waals surface area contributed by atoms with Gasteiger partial charge in [0.1, 0.15) is 0 Å². The lowest BCUT2D eigenvalue weighted by Crippen LogP contribution is -2.49. The molecular weight excluding hydrogens is 404 g/mol. The number of hydrogen-bond acceptors (Lipinski definition) is 2. The van der Waals surface area contributed by atoms with E-state index in [-0.39, 0.29) is 11.9 Å². The molecule has 3 nitrogen and oxygen atoms in total. The number of likely N-dealkylation sites (N-methyl/N-ethyl adjacent to an activating group) is 1. The van der Waals surface area contributed by atoms with E-state index in [4.69, 9.17) is 11.6 Å². The van der Waals surface area contributed by atoms with Crippen molar-refractivity contribution in [3.8, 4) is 0 Å². The molecular formula is C27H39ClN2O. The molecule has 0 aliphatic carbocycles. The van der Waals surface area contributed by atoms with E-state index in [0.29, 0.717) is 6.54 Å². The summed E-state index contributed by atoms with van der Waals surface area (Å²) in [5.74, 6) is 1.01. The van der Waals surface area contributed by atoms with Crippen molar-refractivity contribution in [2.45, 2.75) is 60.4 Å². The molecule has 3 rings (SSSR count). The van der Waals surface area contributed by atoms with E-state index in [9.17, 15) is 4.79 Å². The topological polar surface area (TPSA) is 23.6 Å². The maximum absolute atomic E-state index is 13.1. The van der Waals surface area contributed by atoms with Crippen molar-refractivity contribution < 1.29 is 4.79 Å². The molecule has 1 amide bonds. The molecule has 4 heteroatoms. The summed E-state index contributed by atoms with van der Waals surface area (Å²) in [4.78, 5) is 17.4. The molecule has 2 aromatic rings. The van der Waals surface area contributed by atoms with Gasteiger partial charge >= 0.3 is 0 Å². The zero-order chi connectivity index (χ0) is 23.1. The molecule has 0 unspecified atom stereocenters. The summed E-state index contributed by atoms with van der Waals surface area (Å²) in [5.41, 5.74) is 5.44. The predicted molar refractivity (Wildman–Crippen MR) is 133 cm³/mol. The summed E-state index contributed by atoms with van der Waals surface area (Å²) in [6.07, 6.45) is 2.22. The SMILES string of the molecule is CCC(C)C.CCc1cc([C@@H]2CN(C(=O)c3cc(C)cc(C)c3)CCN2C)ccc1Cl. The lowest BCUT2D eigenvalue weighted by molar-refractivity contribution is 0.0546. The normalized spacial score (nSPS) is 16.8. The third kappa shape index (κ3) is 7.08. The number of amides is 1. The smallest absolute Gasteiger partial charge is 0.253 e. The molecule has 1 atom stereocenters. The first-order valence-electron chi connectivity index (χ1n) is 11.5. The van der Waals surface area contributed by atoms with Gasteiger partial charge < -0.3 is 4.90 Å². The predicted octanol–water partition coefficient (Wildman–Crippen LogP) is 6.70. The largest absolute Gasteiger partial charge is 0.335 e. The lowest BCUT2D eigenvalue weighted by atomic mass is 9.99. The summed E-state index contributed by atoms with van der Waals surface area (Å²) in [6, 6.07) is 12.5. The van der Waals surface area contributed by atoms with E-state index in [1.807, 2.05) is 36.9 Å². The van der Waals surface area contributed by atoms with Gasteiger partial charge in [0.15, 0.2) is 0 Å². The highest BCUT2D eigenvalue weighted by molar-refractivity contribution is 6.31. The molecule has 0 bridgehead atoms. The van der Waals surface area contributed by atoms with E-state index in [2.05, 4.69) is 57.8 Å². The Labute approximate surface area is 194 Å². The van der Waals surface area contributed by atoms with Gasteiger partial charge in [-0.25, -0.2) is 0 Å². The molecule has 0 aromatic heterocycles. The fourth-order valence-electron chi connectivity index (χ4n) is 3.77. The molecule has 31 heavy (non-hydrogen) atoms. The van der Waals surface area contributed by atoms with E-state index in [0.717, 1.165) is 52.7 Å². The van der Waals surface area contributed by atoms with Gasteiger partial charge in [-0.2, -0.15) is 0 Å². The fourth-order valence-corrected chi connectivity index (χ4v) is 4.02. The number of benzene rings is 2. The number of carbonyl (C=O) groups is 1. The molecule has 1 heterocycles. The van der Waals surface area contributed by atoms with Crippen LogP contribution in [0, 0.1) is 19.8 Å². The number of carbonyl (C=O) groups excluding carboxylic acids is 1. The van der Waals surface area contributed by atoms with Crippen molar-refractivity contribution in [3.05, 3.63) is 69.2 Å². The number of piperazine rings is 1. The van der Waals surface area contributed by atoms with Crippen LogP contribution >= 0.6 is 11.6 Å². The molecule has 0 saturated carbocycles. The van der Waals surface area contributed by atoms with Gasteiger partial charge in [-0.3, -0.25) is 9.69 Å².